The highest BCUT2D eigenvalue weighted by Gasteiger charge is 2.14. The van der Waals surface area contributed by atoms with E-state index in [1.807, 2.05) is 31.2 Å². The van der Waals surface area contributed by atoms with E-state index in [0.29, 0.717) is 19.6 Å². The number of nitrogens with one attached hydrogen (secondary N) is 2. The minimum absolute atomic E-state index is 0.0664. The summed E-state index contributed by atoms with van der Waals surface area (Å²) in [5.41, 5.74) is 2.25. The Balaban J connectivity index is 1.76. The van der Waals surface area contributed by atoms with E-state index in [1.165, 1.54) is 0 Å². The summed E-state index contributed by atoms with van der Waals surface area (Å²) >= 11 is 0. The second-order valence-electron chi connectivity index (χ2n) is 4.63. The molecule has 0 spiro atoms. The number of aryl methyl sites for hydroxylation is 1. The average Bonchev–Trinajstić information content (AvgIpc) is 2.40. The van der Waals surface area contributed by atoms with Gasteiger partial charge in [-0.05, 0) is 18.1 Å². The molecule has 0 bridgehead atoms. The summed E-state index contributed by atoms with van der Waals surface area (Å²) < 4.78 is 5.34. The predicted octanol–water partition coefficient (Wildman–Crippen LogP) is 0.642. The minimum Gasteiger partial charge on any atom is -0.378 e. The van der Waals surface area contributed by atoms with Crippen molar-refractivity contribution < 1.29 is 9.53 Å². The van der Waals surface area contributed by atoms with E-state index in [2.05, 4.69) is 10.6 Å². The lowest BCUT2D eigenvalue weighted by Crippen LogP contribution is -2.48. The third-order valence-corrected chi connectivity index (χ3v) is 3.16. The van der Waals surface area contributed by atoms with E-state index < -0.39 is 0 Å². The second-order valence-corrected chi connectivity index (χ2v) is 4.63. The van der Waals surface area contributed by atoms with Crippen LogP contribution in [0.1, 0.15) is 11.1 Å². The van der Waals surface area contributed by atoms with Gasteiger partial charge in [0.1, 0.15) is 0 Å². The molecule has 1 aliphatic heterocycles. The number of carbonyl (C=O) groups excluding carboxylic acids is 1. The molecule has 2 rings (SSSR count). The quantitative estimate of drug-likeness (QED) is 0.822. The Kier molecular flexibility index (Phi) is 4.73. The van der Waals surface area contributed by atoms with Crippen molar-refractivity contribution in [1.82, 2.24) is 10.6 Å². The summed E-state index contributed by atoms with van der Waals surface area (Å²) in [4.78, 5) is 11.8. The largest absolute Gasteiger partial charge is 0.378 e. The summed E-state index contributed by atoms with van der Waals surface area (Å²) in [6.45, 7) is 4.94. The molecule has 0 saturated carbocycles. The first-order valence-corrected chi connectivity index (χ1v) is 6.38. The van der Waals surface area contributed by atoms with Gasteiger partial charge in [0.25, 0.3) is 0 Å². The molecule has 0 aromatic heterocycles. The second kappa shape index (κ2) is 6.52. The van der Waals surface area contributed by atoms with E-state index in [1.54, 1.807) is 0 Å². The summed E-state index contributed by atoms with van der Waals surface area (Å²) in [7, 11) is 0. The molecule has 1 aliphatic rings. The van der Waals surface area contributed by atoms with Crippen LogP contribution in [0.3, 0.4) is 0 Å². The van der Waals surface area contributed by atoms with Crippen LogP contribution in [-0.2, 0) is 16.0 Å². The summed E-state index contributed by atoms with van der Waals surface area (Å²) in [5, 5.41) is 6.26. The molecule has 0 radical (unpaired) electrons. The van der Waals surface area contributed by atoms with Crippen molar-refractivity contribution in [3.63, 3.8) is 0 Å². The number of hydrogen-bond donors (Lipinski definition) is 2. The van der Waals surface area contributed by atoms with Gasteiger partial charge in [-0.15, -0.1) is 0 Å². The standard InChI is InChI=1S/C14H20N2O2/c1-11-4-2-3-5-12(11)8-14(17)16-9-13-10-18-7-6-15-13/h2-5,13,15H,6-10H2,1H3,(H,16,17). The molecule has 0 aliphatic carbocycles. The molecule has 4 nitrogen and oxygen atoms in total. The lowest BCUT2D eigenvalue weighted by Gasteiger charge is -2.23. The average molecular weight is 248 g/mol. The maximum atomic E-state index is 11.8. The molecule has 2 N–H and O–H groups in total. The molecule has 18 heavy (non-hydrogen) atoms. The van der Waals surface area contributed by atoms with E-state index in [-0.39, 0.29) is 11.9 Å². The molecule has 1 heterocycles. The highest BCUT2D eigenvalue weighted by Crippen LogP contribution is 2.07. The van der Waals surface area contributed by atoms with Gasteiger partial charge in [-0.1, -0.05) is 24.3 Å². The number of ether oxygens (including phenoxy) is 1. The molecule has 1 amide bonds. The van der Waals surface area contributed by atoms with Crippen molar-refractivity contribution in [3.05, 3.63) is 35.4 Å². The fourth-order valence-electron chi connectivity index (χ4n) is 2.03. The SMILES string of the molecule is Cc1ccccc1CC(=O)NCC1COCCN1. The van der Waals surface area contributed by atoms with Crippen molar-refractivity contribution in [3.8, 4) is 0 Å². The molecular formula is C14H20N2O2. The van der Waals surface area contributed by atoms with Crippen LogP contribution in [0.2, 0.25) is 0 Å². The number of amides is 1. The lowest BCUT2D eigenvalue weighted by atomic mass is 10.1. The molecule has 1 fully saturated rings. The van der Waals surface area contributed by atoms with Crippen LogP contribution in [0.5, 0.6) is 0 Å². The van der Waals surface area contributed by atoms with Crippen molar-refractivity contribution in [2.45, 2.75) is 19.4 Å². The van der Waals surface area contributed by atoms with Gasteiger partial charge < -0.3 is 15.4 Å². The topological polar surface area (TPSA) is 50.4 Å². The Hall–Kier alpha value is -1.39. The highest BCUT2D eigenvalue weighted by molar-refractivity contribution is 5.78. The molecule has 1 saturated heterocycles. The van der Waals surface area contributed by atoms with Gasteiger partial charge in [-0.25, -0.2) is 0 Å². The number of morpholine rings is 1. The van der Waals surface area contributed by atoms with Crippen molar-refractivity contribution >= 4 is 5.91 Å². The third-order valence-electron chi connectivity index (χ3n) is 3.16. The fourth-order valence-corrected chi connectivity index (χ4v) is 2.03. The monoisotopic (exact) mass is 248 g/mol. The summed E-state index contributed by atoms with van der Waals surface area (Å²) in [5.74, 6) is 0.0664. The Morgan fingerprint density at radius 1 is 1.50 bits per heavy atom. The zero-order chi connectivity index (χ0) is 12.8. The normalized spacial score (nSPS) is 19.5. The van der Waals surface area contributed by atoms with E-state index >= 15 is 0 Å². The van der Waals surface area contributed by atoms with Crippen molar-refractivity contribution in [1.29, 1.82) is 0 Å². The summed E-state index contributed by atoms with van der Waals surface area (Å²) in [6.07, 6.45) is 0.445. The van der Waals surface area contributed by atoms with Crippen LogP contribution in [-0.4, -0.2) is 38.3 Å². The Morgan fingerprint density at radius 3 is 3.06 bits per heavy atom. The molecule has 1 unspecified atom stereocenters. The smallest absolute Gasteiger partial charge is 0.224 e. The number of rotatable bonds is 4. The van der Waals surface area contributed by atoms with Gasteiger partial charge in [0.2, 0.25) is 5.91 Å². The highest BCUT2D eigenvalue weighted by atomic mass is 16.5. The first kappa shape index (κ1) is 13.1. The molecule has 1 aromatic carbocycles. The zero-order valence-electron chi connectivity index (χ0n) is 10.7. The Labute approximate surface area is 108 Å². The minimum atomic E-state index is 0.0664. The number of hydrogen-bond acceptors (Lipinski definition) is 3. The van der Waals surface area contributed by atoms with E-state index in [0.717, 1.165) is 24.3 Å². The van der Waals surface area contributed by atoms with Gasteiger partial charge >= 0.3 is 0 Å². The molecule has 4 heteroatoms. The maximum absolute atomic E-state index is 11.8. The van der Waals surface area contributed by atoms with E-state index in [4.69, 9.17) is 4.74 Å². The van der Waals surface area contributed by atoms with Crippen LogP contribution in [0.25, 0.3) is 0 Å². The van der Waals surface area contributed by atoms with Crippen LogP contribution < -0.4 is 10.6 Å². The van der Waals surface area contributed by atoms with E-state index in [9.17, 15) is 4.79 Å². The van der Waals surface area contributed by atoms with Crippen LogP contribution in [0.4, 0.5) is 0 Å². The third kappa shape index (κ3) is 3.82. The number of carbonyl (C=O) groups is 1. The van der Waals surface area contributed by atoms with Gasteiger partial charge in [-0.2, -0.15) is 0 Å². The zero-order valence-corrected chi connectivity index (χ0v) is 10.7. The van der Waals surface area contributed by atoms with Crippen LogP contribution in [0, 0.1) is 6.92 Å². The molecule has 1 aromatic rings. The van der Waals surface area contributed by atoms with Gasteiger partial charge in [0, 0.05) is 19.1 Å². The Morgan fingerprint density at radius 2 is 2.33 bits per heavy atom. The van der Waals surface area contributed by atoms with Crippen molar-refractivity contribution in [2.24, 2.45) is 0 Å². The lowest BCUT2D eigenvalue weighted by molar-refractivity contribution is -0.120. The number of benzene rings is 1. The summed E-state index contributed by atoms with van der Waals surface area (Å²) in [6, 6.07) is 8.21. The van der Waals surface area contributed by atoms with Gasteiger partial charge in [0.05, 0.1) is 19.6 Å². The van der Waals surface area contributed by atoms with Gasteiger partial charge in [-0.3, -0.25) is 4.79 Å². The Bertz CT molecular complexity index is 401. The van der Waals surface area contributed by atoms with Crippen molar-refractivity contribution in [2.75, 3.05) is 26.3 Å². The maximum Gasteiger partial charge on any atom is 0.224 e. The first-order valence-electron chi connectivity index (χ1n) is 6.38. The van der Waals surface area contributed by atoms with Crippen LogP contribution in [0.15, 0.2) is 24.3 Å². The van der Waals surface area contributed by atoms with Crippen LogP contribution >= 0.6 is 0 Å². The van der Waals surface area contributed by atoms with Gasteiger partial charge in [0.15, 0.2) is 0 Å². The molecular weight excluding hydrogens is 228 g/mol. The molecule has 98 valence electrons. The predicted molar refractivity (Wildman–Crippen MR) is 70.5 cm³/mol. The molecule has 1 atom stereocenters. The first-order chi connectivity index (χ1) is 8.75. The fraction of sp³-hybridized carbons (Fsp3) is 0.500.